The number of nitrogens with zero attached hydrogens (tertiary/aromatic N) is 4. The summed E-state index contributed by atoms with van der Waals surface area (Å²) >= 11 is 6.04. The molecular weight excluding hydrogens is 505 g/mol. The van der Waals surface area contributed by atoms with Crippen molar-refractivity contribution < 1.29 is 17.9 Å². The summed E-state index contributed by atoms with van der Waals surface area (Å²) in [6.45, 7) is 4.35. The largest absolute Gasteiger partial charge is 0.416 e. The summed E-state index contributed by atoms with van der Waals surface area (Å²) in [6, 6.07) is 3.52. The number of nitrogens with one attached hydrogen (secondary N) is 1. The second-order valence-corrected chi connectivity index (χ2v) is 11.1. The van der Waals surface area contributed by atoms with E-state index in [1.165, 1.54) is 6.07 Å². The minimum absolute atomic E-state index is 0.00442. The van der Waals surface area contributed by atoms with Crippen molar-refractivity contribution in [3.05, 3.63) is 40.8 Å². The molecule has 2 aliphatic rings. The molecule has 2 aromatic heterocycles. The van der Waals surface area contributed by atoms with E-state index < -0.39 is 11.7 Å². The van der Waals surface area contributed by atoms with E-state index in [9.17, 15) is 13.2 Å². The summed E-state index contributed by atoms with van der Waals surface area (Å²) in [5.74, 6) is 1.65. The summed E-state index contributed by atoms with van der Waals surface area (Å²) in [4.78, 5) is 14.2. The zero-order valence-electron chi connectivity index (χ0n) is 20.8. The van der Waals surface area contributed by atoms with Gasteiger partial charge in [-0.1, -0.05) is 18.5 Å². The quantitative estimate of drug-likeness (QED) is 0.384. The van der Waals surface area contributed by atoms with Gasteiger partial charge in [0, 0.05) is 36.4 Å². The molecule has 1 aromatic carbocycles. The van der Waals surface area contributed by atoms with Gasteiger partial charge in [-0.2, -0.15) is 13.2 Å². The van der Waals surface area contributed by atoms with Crippen molar-refractivity contribution in [3.63, 3.8) is 0 Å². The molecule has 37 heavy (non-hydrogen) atoms. The van der Waals surface area contributed by atoms with E-state index in [1.54, 1.807) is 6.20 Å². The molecule has 7 nitrogen and oxygen atoms in total. The topological polar surface area (TPSA) is 90.9 Å². The number of fused-ring (bicyclic) bond motifs is 1. The van der Waals surface area contributed by atoms with Gasteiger partial charge >= 0.3 is 6.18 Å². The summed E-state index contributed by atoms with van der Waals surface area (Å²) < 4.78 is 47.8. The number of halogens is 4. The molecule has 0 unspecified atom stereocenters. The van der Waals surface area contributed by atoms with Gasteiger partial charge in [0.05, 0.1) is 11.8 Å². The van der Waals surface area contributed by atoms with Crippen molar-refractivity contribution in [3.8, 4) is 0 Å². The van der Waals surface area contributed by atoms with E-state index in [0.717, 1.165) is 76.1 Å². The second-order valence-electron chi connectivity index (χ2n) is 10.7. The normalized spacial score (nSPS) is 22.3. The zero-order chi connectivity index (χ0) is 26.2. The molecular formula is C26H32ClF3N6O. The van der Waals surface area contributed by atoms with E-state index in [-0.39, 0.29) is 22.2 Å². The second kappa shape index (κ2) is 10.4. The third kappa shape index (κ3) is 5.86. The fourth-order valence-corrected chi connectivity index (χ4v) is 5.70. The van der Waals surface area contributed by atoms with Crippen molar-refractivity contribution in [1.82, 2.24) is 19.5 Å². The van der Waals surface area contributed by atoms with Gasteiger partial charge in [0.15, 0.2) is 5.65 Å². The SMILES string of the molecule is CC1(Cc2ncc3nc(Nc4cc(Cl)cc(C(F)(F)F)c4)n(C4CCC(CN)CC4)c3n2)CCOCC1. The highest BCUT2D eigenvalue weighted by atomic mass is 35.5. The van der Waals surface area contributed by atoms with Gasteiger partial charge in [-0.15, -0.1) is 0 Å². The number of nitrogens with two attached hydrogens (primary N) is 1. The Kier molecular flexibility index (Phi) is 7.35. The molecule has 1 aliphatic carbocycles. The highest BCUT2D eigenvalue weighted by Gasteiger charge is 2.32. The Morgan fingerprint density at radius 1 is 1.14 bits per heavy atom. The molecule has 11 heteroatoms. The number of hydrogen-bond acceptors (Lipinski definition) is 6. The molecule has 0 spiro atoms. The number of benzene rings is 1. The molecule has 1 aliphatic heterocycles. The van der Waals surface area contributed by atoms with Gasteiger partial charge in [-0.25, -0.2) is 15.0 Å². The molecule has 2 fully saturated rings. The van der Waals surface area contributed by atoms with Gasteiger partial charge in [-0.3, -0.25) is 4.57 Å². The number of imidazole rings is 1. The van der Waals surface area contributed by atoms with Gasteiger partial charge in [0.2, 0.25) is 5.95 Å². The molecule has 0 amide bonds. The molecule has 3 heterocycles. The van der Waals surface area contributed by atoms with Crippen LogP contribution in [0.2, 0.25) is 5.02 Å². The molecule has 0 bridgehead atoms. The zero-order valence-corrected chi connectivity index (χ0v) is 21.6. The molecule has 1 saturated heterocycles. The van der Waals surface area contributed by atoms with E-state index >= 15 is 0 Å². The summed E-state index contributed by atoms with van der Waals surface area (Å²) in [6.07, 6.45) is 3.55. The molecule has 3 N–H and O–H groups in total. The lowest BCUT2D eigenvalue weighted by Gasteiger charge is -2.33. The number of hydrogen-bond donors (Lipinski definition) is 2. The van der Waals surface area contributed by atoms with Crippen LogP contribution in [0, 0.1) is 11.3 Å². The van der Waals surface area contributed by atoms with Crippen LogP contribution in [-0.4, -0.2) is 39.3 Å². The fourth-order valence-electron chi connectivity index (χ4n) is 5.46. The Bertz CT molecular complexity index is 1250. The summed E-state index contributed by atoms with van der Waals surface area (Å²) in [7, 11) is 0. The molecule has 5 rings (SSSR count). The fraction of sp³-hybridized carbons (Fsp3) is 0.577. The molecule has 3 aromatic rings. The first-order chi connectivity index (χ1) is 17.6. The number of ether oxygens (including phenoxy) is 1. The van der Waals surface area contributed by atoms with E-state index in [0.29, 0.717) is 29.6 Å². The first-order valence-corrected chi connectivity index (χ1v) is 13.2. The maximum Gasteiger partial charge on any atom is 0.416 e. The highest BCUT2D eigenvalue weighted by Crippen LogP contribution is 2.39. The van der Waals surface area contributed by atoms with Gasteiger partial charge in [0.25, 0.3) is 0 Å². The molecule has 1 saturated carbocycles. The van der Waals surface area contributed by atoms with Crippen LogP contribution in [0.25, 0.3) is 11.2 Å². The maximum absolute atomic E-state index is 13.4. The first-order valence-electron chi connectivity index (χ1n) is 12.8. The van der Waals surface area contributed by atoms with E-state index in [1.807, 2.05) is 4.57 Å². The molecule has 200 valence electrons. The third-order valence-electron chi connectivity index (χ3n) is 7.76. The Balaban J connectivity index is 1.53. The Labute approximate surface area is 219 Å². The number of alkyl halides is 3. The highest BCUT2D eigenvalue weighted by molar-refractivity contribution is 6.31. The standard InChI is InChI=1S/C26H32ClF3N6O/c1-25(6-8-37-9-7-25)13-22-32-15-21-23(35-22)36(20-4-2-16(14-31)3-5-20)24(34-21)33-19-11-17(26(28,29)30)10-18(27)12-19/h10-12,15-16,20H,2-9,13-14,31H2,1H3,(H,33,34). The Morgan fingerprint density at radius 3 is 2.54 bits per heavy atom. The number of rotatable bonds is 6. The van der Waals surface area contributed by atoms with Crippen LogP contribution >= 0.6 is 11.6 Å². The molecule has 0 radical (unpaired) electrons. The lowest BCUT2D eigenvalue weighted by molar-refractivity contribution is -0.137. The summed E-state index contributed by atoms with van der Waals surface area (Å²) in [5, 5.41) is 3.10. The third-order valence-corrected chi connectivity index (χ3v) is 7.98. The average Bonchev–Trinajstić information content (AvgIpc) is 3.20. The van der Waals surface area contributed by atoms with E-state index in [4.69, 9.17) is 32.0 Å². The lowest BCUT2D eigenvalue weighted by Crippen LogP contribution is -2.29. The molecule has 0 atom stereocenters. The maximum atomic E-state index is 13.4. The van der Waals surface area contributed by atoms with Crippen molar-refractivity contribution in [2.24, 2.45) is 17.1 Å². The van der Waals surface area contributed by atoms with Crippen LogP contribution in [0.3, 0.4) is 0 Å². The Hall–Kier alpha value is -2.43. The van der Waals surface area contributed by atoms with Crippen molar-refractivity contribution in [2.75, 3.05) is 25.1 Å². The first kappa shape index (κ1) is 26.2. The monoisotopic (exact) mass is 536 g/mol. The minimum atomic E-state index is -4.51. The number of anilines is 2. The minimum Gasteiger partial charge on any atom is -0.381 e. The van der Waals surface area contributed by atoms with Crippen LogP contribution in [0.1, 0.15) is 62.9 Å². The van der Waals surface area contributed by atoms with Crippen molar-refractivity contribution in [2.45, 2.75) is 64.1 Å². The smallest absolute Gasteiger partial charge is 0.381 e. The van der Waals surface area contributed by atoms with Gasteiger partial charge < -0.3 is 15.8 Å². The average molecular weight is 537 g/mol. The van der Waals surface area contributed by atoms with Crippen LogP contribution in [0.15, 0.2) is 24.4 Å². The lowest BCUT2D eigenvalue weighted by atomic mass is 9.79. The van der Waals surface area contributed by atoms with Crippen LogP contribution < -0.4 is 11.1 Å². The van der Waals surface area contributed by atoms with Gasteiger partial charge in [0.1, 0.15) is 11.3 Å². The predicted molar refractivity (Wildman–Crippen MR) is 137 cm³/mol. The van der Waals surface area contributed by atoms with Crippen LogP contribution in [0.5, 0.6) is 0 Å². The van der Waals surface area contributed by atoms with Crippen molar-refractivity contribution >= 4 is 34.4 Å². The van der Waals surface area contributed by atoms with Gasteiger partial charge in [-0.05, 0) is 74.6 Å². The van der Waals surface area contributed by atoms with Crippen LogP contribution in [-0.2, 0) is 17.3 Å². The number of aromatic nitrogens is 4. The van der Waals surface area contributed by atoms with Crippen LogP contribution in [0.4, 0.5) is 24.8 Å². The summed E-state index contributed by atoms with van der Waals surface area (Å²) in [5.41, 5.74) is 6.66. The Morgan fingerprint density at radius 2 is 1.86 bits per heavy atom. The van der Waals surface area contributed by atoms with E-state index in [2.05, 4.69) is 17.2 Å². The predicted octanol–water partition coefficient (Wildman–Crippen LogP) is 6.29. The van der Waals surface area contributed by atoms with Crippen molar-refractivity contribution in [1.29, 1.82) is 0 Å².